The molecule has 0 bridgehead atoms. The fourth-order valence-corrected chi connectivity index (χ4v) is 3.76. The van der Waals surface area contributed by atoms with E-state index < -0.39 is 0 Å². The van der Waals surface area contributed by atoms with Crippen LogP contribution in [0.1, 0.15) is 38.2 Å². The van der Waals surface area contributed by atoms with Crippen molar-refractivity contribution in [2.75, 3.05) is 6.54 Å². The minimum atomic E-state index is 0.00107. The summed E-state index contributed by atoms with van der Waals surface area (Å²) in [5, 5.41) is 5.07. The maximum atomic E-state index is 12.4. The van der Waals surface area contributed by atoms with Crippen molar-refractivity contribution >= 4 is 43.4 Å². The van der Waals surface area contributed by atoms with Crippen molar-refractivity contribution in [3.05, 3.63) is 33.3 Å². The van der Waals surface area contributed by atoms with Crippen LogP contribution in [0.15, 0.2) is 27.6 Å². The normalized spacial score (nSPS) is 11.1. The van der Waals surface area contributed by atoms with E-state index in [0.29, 0.717) is 19.0 Å². The van der Waals surface area contributed by atoms with Crippen molar-refractivity contribution in [3.63, 3.8) is 0 Å². The second kappa shape index (κ2) is 6.79. The molecule has 2 aromatic rings. The number of amides is 1. The van der Waals surface area contributed by atoms with Gasteiger partial charge in [0.25, 0.3) is 5.91 Å². The molecule has 0 aliphatic rings. The van der Waals surface area contributed by atoms with Gasteiger partial charge in [-0.25, -0.2) is 0 Å². The first-order valence-electron chi connectivity index (χ1n) is 7.08. The highest BCUT2D eigenvalue weighted by Crippen LogP contribution is 2.33. The number of halogens is 1. The van der Waals surface area contributed by atoms with E-state index >= 15 is 0 Å². The Morgan fingerprint density at radius 2 is 2.19 bits per heavy atom. The highest BCUT2D eigenvalue weighted by molar-refractivity contribution is 9.10. The maximum Gasteiger partial charge on any atom is 0.267 e. The molecule has 114 valence electrons. The van der Waals surface area contributed by atoms with Crippen molar-refractivity contribution in [1.82, 2.24) is 9.88 Å². The molecule has 0 saturated heterocycles. The predicted molar refractivity (Wildman–Crippen MR) is 94.1 cm³/mol. The molecule has 2 rings (SSSR count). The van der Waals surface area contributed by atoms with Gasteiger partial charge in [-0.15, -0.1) is 11.3 Å². The third-order valence-corrected chi connectivity index (χ3v) is 4.99. The van der Waals surface area contributed by atoms with Crippen molar-refractivity contribution in [3.8, 4) is 0 Å². The summed E-state index contributed by atoms with van der Waals surface area (Å²) in [5.74, 6) is 0.448. The molecule has 0 radical (unpaired) electrons. The van der Waals surface area contributed by atoms with E-state index in [9.17, 15) is 4.79 Å². The lowest BCUT2D eigenvalue weighted by atomic mass is 10.2. The van der Waals surface area contributed by atoms with Crippen LogP contribution in [0.5, 0.6) is 0 Å². The van der Waals surface area contributed by atoms with Crippen LogP contribution in [-0.2, 0) is 6.54 Å². The van der Waals surface area contributed by atoms with Crippen LogP contribution in [0.3, 0.4) is 0 Å². The molecule has 0 aliphatic carbocycles. The number of fused-ring (bicyclic) bond motifs is 1. The van der Waals surface area contributed by atoms with Gasteiger partial charge in [-0.05, 0) is 41.8 Å². The van der Waals surface area contributed by atoms with Crippen LogP contribution in [0.25, 0.3) is 10.2 Å². The van der Waals surface area contributed by atoms with Gasteiger partial charge >= 0.3 is 0 Å². The number of thiophene rings is 1. The fraction of sp³-hybridized carbons (Fsp3) is 0.438. The number of carbonyl (C=O) groups excluding carboxylic acids is 1. The summed E-state index contributed by atoms with van der Waals surface area (Å²) in [6.45, 7) is 9.74. The molecule has 0 aliphatic heterocycles. The molecule has 0 saturated carbocycles. The fourth-order valence-electron chi connectivity index (χ4n) is 2.07. The number of nitrogens with one attached hydrogen (secondary N) is 1. The Hall–Kier alpha value is -1.07. The molecule has 2 aromatic heterocycles. The van der Waals surface area contributed by atoms with E-state index in [1.165, 1.54) is 5.57 Å². The van der Waals surface area contributed by atoms with E-state index in [-0.39, 0.29) is 5.91 Å². The lowest BCUT2D eigenvalue weighted by molar-refractivity contribution is 0.0940. The third-order valence-electron chi connectivity index (χ3n) is 3.16. The zero-order chi connectivity index (χ0) is 15.6. The molecule has 0 aromatic carbocycles. The Bertz CT molecular complexity index is 678. The van der Waals surface area contributed by atoms with Crippen molar-refractivity contribution in [1.29, 1.82) is 0 Å². The van der Waals surface area contributed by atoms with Gasteiger partial charge in [-0.1, -0.05) is 25.5 Å². The average Bonchev–Trinajstić information content (AvgIpc) is 2.94. The molecular formula is C16H21BrN2OS. The molecule has 21 heavy (non-hydrogen) atoms. The zero-order valence-corrected chi connectivity index (χ0v) is 15.3. The molecule has 1 N–H and O–H groups in total. The van der Waals surface area contributed by atoms with Gasteiger partial charge in [0.1, 0.15) is 5.69 Å². The van der Waals surface area contributed by atoms with Crippen LogP contribution in [0.4, 0.5) is 0 Å². The van der Waals surface area contributed by atoms with Crippen molar-refractivity contribution in [2.24, 2.45) is 5.92 Å². The SMILES string of the molecule is CC(C)=CCn1c(C(=O)NCC(C)C)cc2scc(Br)c21. The maximum absolute atomic E-state index is 12.4. The largest absolute Gasteiger partial charge is 0.351 e. The quantitative estimate of drug-likeness (QED) is 0.754. The standard InChI is InChI=1S/C16H21BrN2OS/c1-10(2)5-6-19-13(16(20)18-8-11(3)4)7-14-15(19)12(17)9-21-14/h5,7,9,11H,6,8H2,1-4H3,(H,18,20). The zero-order valence-electron chi connectivity index (χ0n) is 12.9. The lowest BCUT2D eigenvalue weighted by Gasteiger charge is -2.11. The van der Waals surface area contributed by atoms with Gasteiger partial charge in [0, 0.05) is 18.5 Å². The Balaban J connectivity index is 2.39. The van der Waals surface area contributed by atoms with Gasteiger partial charge in [-0.3, -0.25) is 4.79 Å². The Morgan fingerprint density at radius 3 is 2.81 bits per heavy atom. The Kier molecular flexibility index (Phi) is 5.27. The van der Waals surface area contributed by atoms with E-state index in [1.54, 1.807) is 11.3 Å². The van der Waals surface area contributed by atoms with Crippen molar-refractivity contribution < 1.29 is 4.79 Å². The van der Waals surface area contributed by atoms with E-state index in [2.05, 4.69) is 65.0 Å². The van der Waals surface area contributed by atoms with Gasteiger partial charge in [0.05, 0.1) is 14.7 Å². The summed E-state index contributed by atoms with van der Waals surface area (Å²) in [4.78, 5) is 12.4. The van der Waals surface area contributed by atoms with E-state index in [0.717, 1.165) is 20.4 Å². The van der Waals surface area contributed by atoms with Crippen LogP contribution in [-0.4, -0.2) is 17.0 Å². The second-order valence-electron chi connectivity index (χ2n) is 5.82. The second-order valence-corrected chi connectivity index (χ2v) is 7.59. The number of nitrogens with zero attached hydrogens (tertiary/aromatic N) is 1. The van der Waals surface area contributed by atoms with Gasteiger partial charge in [0.15, 0.2) is 0 Å². The number of aromatic nitrogens is 1. The number of carbonyl (C=O) groups is 1. The lowest BCUT2D eigenvalue weighted by Crippen LogP contribution is -2.29. The summed E-state index contributed by atoms with van der Waals surface area (Å²) in [6.07, 6.45) is 2.14. The summed E-state index contributed by atoms with van der Waals surface area (Å²) in [6, 6.07) is 1.99. The van der Waals surface area contributed by atoms with Crippen LogP contribution in [0.2, 0.25) is 0 Å². The molecule has 2 heterocycles. The van der Waals surface area contributed by atoms with Gasteiger partial charge in [0.2, 0.25) is 0 Å². The highest BCUT2D eigenvalue weighted by Gasteiger charge is 2.18. The highest BCUT2D eigenvalue weighted by atomic mass is 79.9. The molecular weight excluding hydrogens is 348 g/mol. The Labute approximate surface area is 138 Å². The molecule has 0 atom stereocenters. The van der Waals surface area contributed by atoms with Crippen LogP contribution >= 0.6 is 27.3 Å². The third kappa shape index (κ3) is 3.77. The Morgan fingerprint density at radius 1 is 1.48 bits per heavy atom. The summed E-state index contributed by atoms with van der Waals surface area (Å²) in [5.41, 5.74) is 3.08. The minimum Gasteiger partial charge on any atom is -0.351 e. The first kappa shape index (κ1) is 16.3. The molecule has 5 heteroatoms. The van der Waals surface area contributed by atoms with Crippen LogP contribution < -0.4 is 5.32 Å². The molecule has 0 spiro atoms. The van der Waals surface area contributed by atoms with Gasteiger partial charge < -0.3 is 9.88 Å². The molecule has 0 unspecified atom stereocenters. The summed E-state index contributed by atoms with van der Waals surface area (Å²) >= 11 is 5.24. The van der Waals surface area contributed by atoms with Crippen LogP contribution in [0, 0.1) is 5.92 Å². The topological polar surface area (TPSA) is 34.0 Å². The first-order chi connectivity index (χ1) is 9.90. The van der Waals surface area contributed by atoms with E-state index in [4.69, 9.17) is 0 Å². The summed E-state index contributed by atoms with van der Waals surface area (Å²) in [7, 11) is 0. The minimum absolute atomic E-state index is 0.00107. The molecule has 0 fully saturated rings. The number of rotatable bonds is 5. The molecule has 3 nitrogen and oxygen atoms in total. The monoisotopic (exact) mass is 368 g/mol. The number of hydrogen-bond acceptors (Lipinski definition) is 2. The van der Waals surface area contributed by atoms with Crippen molar-refractivity contribution in [2.45, 2.75) is 34.2 Å². The summed E-state index contributed by atoms with van der Waals surface area (Å²) < 4.78 is 4.27. The average molecular weight is 369 g/mol. The number of allylic oxidation sites excluding steroid dienone is 2. The molecule has 1 amide bonds. The van der Waals surface area contributed by atoms with Gasteiger partial charge in [-0.2, -0.15) is 0 Å². The first-order valence-corrected chi connectivity index (χ1v) is 8.75. The number of hydrogen-bond donors (Lipinski definition) is 1. The smallest absolute Gasteiger partial charge is 0.267 e. The van der Waals surface area contributed by atoms with E-state index in [1.807, 2.05) is 6.07 Å². The predicted octanol–water partition coefficient (Wildman–Crippen LogP) is 4.82.